The van der Waals surface area contributed by atoms with Gasteiger partial charge in [0.25, 0.3) is 11.8 Å². The highest BCUT2D eigenvalue weighted by atomic mass is 16.5. The molecule has 0 saturated carbocycles. The van der Waals surface area contributed by atoms with E-state index in [0.717, 1.165) is 18.4 Å². The molecule has 2 heterocycles. The fourth-order valence-corrected chi connectivity index (χ4v) is 3.21. The van der Waals surface area contributed by atoms with Crippen LogP contribution >= 0.6 is 0 Å². The number of ether oxygens (including phenoxy) is 1. The summed E-state index contributed by atoms with van der Waals surface area (Å²) in [4.78, 5) is 29.6. The minimum Gasteiger partial charge on any atom is -0.493 e. The van der Waals surface area contributed by atoms with E-state index in [-0.39, 0.29) is 30.0 Å². The van der Waals surface area contributed by atoms with Crippen molar-refractivity contribution in [3.05, 3.63) is 60.2 Å². The third-order valence-electron chi connectivity index (χ3n) is 4.94. The summed E-state index contributed by atoms with van der Waals surface area (Å²) in [6, 6.07) is 11.0. The largest absolute Gasteiger partial charge is 0.493 e. The lowest BCUT2D eigenvalue weighted by Gasteiger charge is -2.26. The van der Waals surface area contributed by atoms with Gasteiger partial charge in [0.2, 0.25) is 5.76 Å². The highest BCUT2D eigenvalue weighted by Gasteiger charge is 2.24. The summed E-state index contributed by atoms with van der Waals surface area (Å²) in [7, 11) is 0. The van der Waals surface area contributed by atoms with E-state index in [0.29, 0.717) is 31.1 Å². The maximum Gasteiger partial charge on any atom is 0.303 e. The Hall–Kier alpha value is -3.55. The van der Waals surface area contributed by atoms with Gasteiger partial charge >= 0.3 is 5.97 Å². The van der Waals surface area contributed by atoms with Gasteiger partial charge in [-0.25, -0.2) is 4.98 Å². The fourth-order valence-electron chi connectivity index (χ4n) is 3.21. The molecule has 1 aromatic carbocycles. The van der Waals surface area contributed by atoms with E-state index in [1.165, 1.54) is 12.5 Å². The van der Waals surface area contributed by atoms with Crippen LogP contribution < -0.4 is 4.74 Å². The number of benzene rings is 1. The van der Waals surface area contributed by atoms with Crippen molar-refractivity contribution in [2.24, 2.45) is 0 Å². The molecule has 0 aliphatic carbocycles. The van der Waals surface area contributed by atoms with Crippen molar-refractivity contribution in [3.8, 4) is 17.4 Å². The van der Waals surface area contributed by atoms with Crippen molar-refractivity contribution in [2.45, 2.75) is 52.1 Å². The van der Waals surface area contributed by atoms with Crippen LogP contribution in [0.5, 0.6) is 5.75 Å². The summed E-state index contributed by atoms with van der Waals surface area (Å²) < 4.78 is 16.8. The molecule has 32 heavy (non-hydrogen) atoms. The number of aromatic nitrogens is 1. The summed E-state index contributed by atoms with van der Waals surface area (Å²) in [5.74, 6) is 0.516. The molecule has 3 rings (SSSR count). The van der Waals surface area contributed by atoms with E-state index < -0.39 is 5.97 Å². The van der Waals surface area contributed by atoms with Crippen molar-refractivity contribution in [1.29, 1.82) is 0 Å². The van der Waals surface area contributed by atoms with Crippen molar-refractivity contribution in [1.82, 2.24) is 9.88 Å². The van der Waals surface area contributed by atoms with E-state index in [1.54, 1.807) is 17.0 Å². The van der Waals surface area contributed by atoms with Crippen molar-refractivity contribution >= 4 is 11.9 Å². The van der Waals surface area contributed by atoms with Crippen LogP contribution in [-0.2, 0) is 11.3 Å². The van der Waals surface area contributed by atoms with Crippen LogP contribution in [0.2, 0.25) is 0 Å². The molecule has 0 bridgehead atoms. The molecule has 8 nitrogen and oxygen atoms in total. The Balaban J connectivity index is 1.64. The maximum absolute atomic E-state index is 13.1. The van der Waals surface area contributed by atoms with Crippen LogP contribution in [0.15, 0.2) is 57.7 Å². The predicted octanol–water partition coefficient (Wildman–Crippen LogP) is 5.01. The number of hydrogen-bond donors (Lipinski definition) is 1. The Morgan fingerprint density at radius 3 is 2.66 bits per heavy atom. The molecule has 0 fully saturated rings. The lowest BCUT2D eigenvalue weighted by Crippen LogP contribution is -2.36. The fraction of sp³-hybridized carbons (Fsp3) is 0.375. The number of hydrogen-bond acceptors (Lipinski definition) is 6. The van der Waals surface area contributed by atoms with Crippen LogP contribution in [0.25, 0.3) is 11.7 Å². The van der Waals surface area contributed by atoms with Gasteiger partial charge in [0.15, 0.2) is 5.76 Å². The molecule has 8 heteroatoms. The monoisotopic (exact) mass is 440 g/mol. The van der Waals surface area contributed by atoms with Gasteiger partial charge in [-0.3, -0.25) is 9.59 Å². The van der Waals surface area contributed by atoms with E-state index in [2.05, 4.69) is 4.98 Å². The molecular weight excluding hydrogens is 412 g/mol. The molecule has 0 aliphatic rings. The number of rotatable bonds is 12. The molecule has 0 spiro atoms. The topological polar surface area (TPSA) is 106 Å². The van der Waals surface area contributed by atoms with Gasteiger partial charge < -0.3 is 23.6 Å². The van der Waals surface area contributed by atoms with E-state index >= 15 is 0 Å². The Morgan fingerprint density at radius 1 is 1.12 bits per heavy atom. The van der Waals surface area contributed by atoms with Gasteiger partial charge in [-0.1, -0.05) is 18.2 Å². The van der Waals surface area contributed by atoms with Crippen LogP contribution in [0.4, 0.5) is 0 Å². The quantitative estimate of drug-likeness (QED) is 0.395. The van der Waals surface area contributed by atoms with Gasteiger partial charge in [-0.05, 0) is 51.3 Å². The van der Waals surface area contributed by atoms with Crippen LogP contribution in [0.3, 0.4) is 0 Å². The van der Waals surface area contributed by atoms with Gasteiger partial charge in [0, 0.05) is 18.0 Å². The molecule has 170 valence electrons. The third-order valence-corrected chi connectivity index (χ3v) is 4.94. The molecule has 1 amide bonds. The number of para-hydroxylation sites is 1. The Labute approximate surface area is 186 Å². The molecule has 2 aromatic heterocycles. The first-order chi connectivity index (χ1) is 15.5. The molecule has 0 aliphatic heterocycles. The van der Waals surface area contributed by atoms with E-state index in [4.69, 9.17) is 18.7 Å². The molecule has 0 radical (unpaired) electrons. The minimum atomic E-state index is -0.780. The van der Waals surface area contributed by atoms with E-state index in [1.807, 2.05) is 38.1 Å². The maximum atomic E-state index is 13.1. The van der Waals surface area contributed by atoms with Crippen LogP contribution in [0.1, 0.15) is 55.6 Å². The first kappa shape index (κ1) is 23.1. The minimum absolute atomic E-state index is 0.0799. The number of carboxylic acids is 1. The number of carbonyl (C=O) groups excluding carboxylic acids is 1. The third kappa shape index (κ3) is 6.23. The lowest BCUT2D eigenvalue weighted by atomic mass is 10.1. The Morgan fingerprint density at radius 2 is 1.94 bits per heavy atom. The SMILES string of the molecule is CC(C)N(Cc1ccccc1OCCCCCC(=O)O)C(=O)c1cnc(-c2ccco2)o1. The number of carboxylic acid groups (broad SMARTS) is 1. The summed E-state index contributed by atoms with van der Waals surface area (Å²) >= 11 is 0. The molecule has 0 unspecified atom stereocenters. The highest BCUT2D eigenvalue weighted by molar-refractivity contribution is 5.91. The van der Waals surface area contributed by atoms with Crippen LogP contribution in [0, 0.1) is 0 Å². The summed E-state index contributed by atoms with van der Waals surface area (Å²) in [5, 5.41) is 8.71. The normalized spacial score (nSPS) is 11.0. The van der Waals surface area contributed by atoms with Crippen molar-refractivity contribution in [2.75, 3.05) is 6.61 Å². The van der Waals surface area contributed by atoms with Gasteiger partial charge in [-0.2, -0.15) is 0 Å². The summed E-state index contributed by atoms with van der Waals surface area (Å²) in [6.07, 6.45) is 5.29. The highest BCUT2D eigenvalue weighted by Crippen LogP contribution is 2.24. The number of carbonyl (C=O) groups is 2. The molecule has 0 atom stereocenters. The molecular formula is C24H28N2O6. The Bertz CT molecular complexity index is 1010. The number of aliphatic carboxylic acids is 1. The average molecular weight is 440 g/mol. The van der Waals surface area contributed by atoms with Gasteiger partial charge in [0.05, 0.1) is 25.6 Å². The zero-order chi connectivity index (χ0) is 22.9. The zero-order valence-corrected chi connectivity index (χ0v) is 18.3. The first-order valence-electron chi connectivity index (χ1n) is 10.7. The van der Waals surface area contributed by atoms with E-state index in [9.17, 15) is 9.59 Å². The second kappa shape index (κ2) is 11.2. The second-order valence-corrected chi connectivity index (χ2v) is 7.69. The van der Waals surface area contributed by atoms with Crippen molar-refractivity contribution in [3.63, 3.8) is 0 Å². The molecule has 3 aromatic rings. The number of unbranched alkanes of at least 4 members (excludes halogenated alkanes) is 2. The number of nitrogens with zero attached hydrogens (tertiary/aromatic N) is 2. The first-order valence-corrected chi connectivity index (χ1v) is 10.7. The van der Waals surface area contributed by atoms with Crippen LogP contribution in [-0.4, -0.2) is 39.5 Å². The number of amides is 1. The number of oxazole rings is 1. The zero-order valence-electron chi connectivity index (χ0n) is 18.3. The van der Waals surface area contributed by atoms with Gasteiger partial charge in [-0.15, -0.1) is 0 Å². The molecule has 0 saturated heterocycles. The smallest absolute Gasteiger partial charge is 0.303 e. The standard InChI is InChI=1S/C24H28N2O6/c1-17(2)26(24(29)21-15-25-23(32-21)20-11-8-14-31-20)16-18-9-5-6-10-19(18)30-13-7-3-4-12-22(27)28/h5-6,8-11,14-15,17H,3-4,7,12-13,16H2,1-2H3,(H,27,28). The molecule has 1 N–H and O–H groups in total. The summed E-state index contributed by atoms with van der Waals surface area (Å²) in [6.45, 7) is 4.71. The average Bonchev–Trinajstić information content (AvgIpc) is 3.46. The number of furan rings is 1. The van der Waals surface area contributed by atoms with Crippen molar-refractivity contribution < 1.29 is 28.3 Å². The lowest BCUT2D eigenvalue weighted by molar-refractivity contribution is -0.137. The Kier molecular flexibility index (Phi) is 8.08. The predicted molar refractivity (Wildman–Crippen MR) is 117 cm³/mol. The second-order valence-electron chi connectivity index (χ2n) is 7.69. The van der Waals surface area contributed by atoms with Gasteiger partial charge in [0.1, 0.15) is 5.75 Å². The summed E-state index contributed by atoms with van der Waals surface area (Å²) in [5.41, 5.74) is 0.880.